The van der Waals surface area contributed by atoms with E-state index in [1.807, 2.05) is 19.9 Å². The van der Waals surface area contributed by atoms with E-state index in [0.717, 1.165) is 23.3 Å². The lowest BCUT2D eigenvalue weighted by Crippen LogP contribution is -2.40. The minimum absolute atomic E-state index is 0.0175. The maximum Gasteiger partial charge on any atom is 0.309 e. The first-order valence-corrected chi connectivity index (χ1v) is 11.2. The number of halogens is 1. The minimum atomic E-state index is -3.74. The number of aryl methyl sites for hydroxylation is 2. The second-order valence-corrected chi connectivity index (χ2v) is 9.40. The first-order chi connectivity index (χ1) is 14.2. The molecule has 0 spiro atoms. The molecule has 0 radical (unpaired) electrons. The van der Waals surface area contributed by atoms with Crippen LogP contribution in [0.5, 0.6) is 0 Å². The van der Waals surface area contributed by atoms with E-state index in [-0.39, 0.29) is 30.4 Å². The smallest absolute Gasteiger partial charge is 0.309 e. The van der Waals surface area contributed by atoms with Gasteiger partial charge in [-0.05, 0) is 68.1 Å². The molecule has 0 atom stereocenters. The number of Topliss-reactive ketones (excluding diaryl/α,β-unsaturated/α-hetero) is 1. The van der Waals surface area contributed by atoms with E-state index >= 15 is 0 Å². The van der Waals surface area contributed by atoms with Crippen LogP contribution in [0.15, 0.2) is 47.4 Å². The lowest BCUT2D eigenvalue weighted by atomic mass is 9.98. The molecule has 0 amide bonds. The van der Waals surface area contributed by atoms with Crippen molar-refractivity contribution in [2.24, 2.45) is 5.92 Å². The predicted octanol–water partition coefficient (Wildman–Crippen LogP) is 3.27. The van der Waals surface area contributed by atoms with Gasteiger partial charge in [-0.15, -0.1) is 0 Å². The number of rotatable bonds is 6. The fourth-order valence-corrected chi connectivity index (χ4v) is 4.81. The summed E-state index contributed by atoms with van der Waals surface area (Å²) in [4.78, 5) is 24.6. The molecule has 0 saturated carbocycles. The van der Waals surface area contributed by atoms with Gasteiger partial charge in [0.15, 0.2) is 12.4 Å². The van der Waals surface area contributed by atoms with E-state index in [0.29, 0.717) is 18.4 Å². The van der Waals surface area contributed by atoms with Crippen molar-refractivity contribution in [3.8, 4) is 0 Å². The lowest BCUT2D eigenvalue weighted by molar-refractivity contribution is -0.148. The van der Waals surface area contributed by atoms with Crippen molar-refractivity contribution in [3.63, 3.8) is 0 Å². The first kappa shape index (κ1) is 22.1. The second kappa shape index (κ2) is 9.06. The molecule has 1 saturated heterocycles. The molecule has 1 aliphatic rings. The van der Waals surface area contributed by atoms with Gasteiger partial charge in [0.05, 0.1) is 10.8 Å². The molecule has 0 aromatic heterocycles. The lowest BCUT2D eigenvalue weighted by Gasteiger charge is -2.30. The third-order valence-corrected chi connectivity index (χ3v) is 7.33. The van der Waals surface area contributed by atoms with Gasteiger partial charge in [-0.25, -0.2) is 12.8 Å². The van der Waals surface area contributed by atoms with Gasteiger partial charge in [-0.1, -0.05) is 12.1 Å². The van der Waals surface area contributed by atoms with Crippen LogP contribution in [0.4, 0.5) is 4.39 Å². The first-order valence-electron chi connectivity index (χ1n) is 9.71. The van der Waals surface area contributed by atoms with Gasteiger partial charge in [0.2, 0.25) is 10.0 Å². The van der Waals surface area contributed by atoms with Crippen LogP contribution in [0.3, 0.4) is 0 Å². The van der Waals surface area contributed by atoms with E-state index in [1.54, 1.807) is 12.1 Å². The molecule has 1 heterocycles. The summed E-state index contributed by atoms with van der Waals surface area (Å²) >= 11 is 0. The molecule has 30 heavy (non-hydrogen) atoms. The highest BCUT2D eigenvalue weighted by atomic mass is 32.2. The fraction of sp³-hybridized carbons (Fsp3) is 0.364. The average Bonchev–Trinajstić information content (AvgIpc) is 2.74. The monoisotopic (exact) mass is 433 g/mol. The van der Waals surface area contributed by atoms with Crippen LogP contribution in [0, 0.1) is 25.6 Å². The van der Waals surface area contributed by atoms with Crippen LogP contribution in [-0.4, -0.2) is 44.2 Å². The number of nitrogens with zero attached hydrogens (tertiary/aromatic N) is 1. The maximum atomic E-state index is 13.0. The van der Waals surface area contributed by atoms with Crippen molar-refractivity contribution >= 4 is 21.8 Å². The molecule has 2 aromatic carbocycles. The molecule has 0 aliphatic carbocycles. The third-order valence-electron chi connectivity index (χ3n) is 5.41. The molecule has 2 aromatic rings. The average molecular weight is 434 g/mol. The van der Waals surface area contributed by atoms with Crippen LogP contribution in [0.2, 0.25) is 0 Å². The van der Waals surface area contributed by atoms with Crippen molar-refractivity contribution in [2.75, 3.05) is 19.7 Å². The zero-order valence-corrected chi connectivity index (χ0v) is 17.7. The number of sulfonamides is 1. The molecule has 0 N–H and O–H groups in total. The van der Waals surface area contributed by atoms with Gasteiger partial charge in [0.1, 0.15) is 5.82 Å². The van der Waals surface area contributed by atoms with E-state index in [1.165, 1.54) is 16.4 Å². The van der Waals surface area contributed by atoms with E-state index < -0.39 is 27.7 Å². The number of piperidine rings is 1. The van der Waals surface area contributed by atoms with Crippen LogP contribution < -0.4 is 0 Å². The molecule has 160 valence electrons. The Morgan fingerprint density at radius 2 is 1.67 bits per heavy atom. The Morgan fingerprint density at radius 3 is 2.27 bits per heavy atom. The van der Waals surface area contributed by atoms with Crippen molar-refractivity contribution in [3.05, 3.63) is 65.0 Å². The highest BCUT2D eigenvalue weighted by Gasteiger charge is 2.33. The molecule has 0 bridgehead atoms. The maximum absolute atomic E-state index is 13.0. The topological polar surface area (TPSA) is 80.8 Å². The zero-order chi connectivity index (χ0) is 21.9. The van der Waals surface area contributed by atoms with Gasteiger partial charge in [-0.2, -0.15) is 4.31 Å². The van der Waals surface area contributed by atoms with Gasteiger partial charge in [-0.3, -0.25) is 9.59 Å². The summed E-state index contributed by atoms with van der Waals surface area (Å²) in [6.07, 6.45) is 0.605. The van der Waals surface area contributed by atoms with E-state index in [9.17, 15) is 22.4 Å². The Labute approximate surface area is 175 Å². The van der Waals surface area contributed by atoms with Crippen molar-refractivity contribution in [1.82, 2.24) is 4.31 Å². The van der Waals surface area contributed by atoms with Gasteiger partial charge in [0, 0.05) is 18.7 Å². The van der Waals surface area contributed by atoms with Crippen LogP contribution in [0.1, 0.15) is 34.3 Å². The number of hydrogen-bond donors (Lipinski definition) is 0. The number of carbonyl (C=O) groups excluding carboxylic acids is 2. The van der Waals surface area contributed by atoms with E-state index in [2.05, 4.69) is 0 Å². The third kappa shape index (κ3) is 4.94. The number of carbonyl (C=O) groups is 2. The summed E-state index contributed by atoms with van der Waals surface area (Å²) in [6.45, 7) is 3.84. The zero-order valence-electron chi connectivity index (χ0n) is 16.9. The molecule has 6 nitrogen and oxygen atoms in total. The van der Waals surface area contributed by atoms with Crippen molar-refractivity contribution in [2.45, 2.75) is 31.6 Å². The van der Waals surface area contributed by atoms with Crippen LogP contribution in [-0.2, 0) is 19.6 Å². The van der Waals surface area contributed by atoms with Crippen molar-refractivity contribution in [1.29, 1.82) is 0 Å². The number of ether oxygens (including phenoxy) is 1. The Bertz CT molecular complexity index is 1040. The predicted molar refractivity (Wildman–Crippen MR) is 109 cm³/mol. The largest absolute Gasteiger partial charge is 0.457 e. The summed E-state index contributed by atoms with van der Waals surface area (Å²) in [6, 6.07) is 9.98. The van der Waals surface area contributed by atoms with E-state index in [4.69, 9.17) is 4.74 Å². The molecule has 0 unspecified atom stereocenters. The molecule has 3 rings (SSSR count). The number of benzene rings is 2. The number of hydrogen-bond acceptors (Lipinski definition) is 5. The molecule has 8 heteroatoms. The Kier molecular flexibility index (Phi) is 6.67. The number of ketones is 1. The normalized spacial score (nSPS) is 15.7. The fourth-order valence-electron chi connectivity index (χ4n) is 3.34. The highest BCUT2D eigenvalue weighted by molar-refractivity contribution is 7.89. The molecule has 1 fully saturated rings. The van der Waals surface area contributed by atoms with Gasteiger partial charge in [0.25, 0.3) is 0 Å². The summed E-state index contributed by atoms with van der Waals surface area (Å²) in [5, 5.41) is 0. The summed E-state index contributed by atoms with van der Waals surface area (Å²) in [5.74, 6) is -1.74. The molecule has 1 aliphatic heterocycles. The van der Waals surface area contributed by atoms with Gasteiger partial charge >= 0.3 is 5.97 Å². The summed E-state index contributed by atoms with van der Waals surface area (Å²) in [5.41, 5.74) is 2.55. The van der Waals surface area contributed by atoms with Gasteiger partial charge < -0.3 is 4.74 Å². The Balaban J connectivity index is 1.53. The SMILES string of the molecule is Cc1ccc(C(=O)COC(=O)C2CCN(S(=O)(=O)c3ccc(F)cc3)CC2)cc1C. The highest BCUT2D eigenvalue weighted by Crippen LogP contribution is 2.25. The Morgan fingerprint density at radius 1 is 1.03 bits per heavy atom. The minimum Gasteiger partial charge on any atom is -0.457 e. The Hall–Kier alpha value is -2.58. The standard InChI is InChI=1S/C22H24FNO5S/c1-15-3-4-18(13-16(15)2)21(25)14-29-22(26)17-9-11-24(12-10-17)30(27,28)20-7-5-19(23)6-8-20/h3-8,13,17H,9-12,14H2,1-2H3. The number of esters is 1. The second-order valence-electron chi connectivity index (χ2n) is 7.46. The molecular formula is C22H24FNO5S. The summed E-state index contributed by atoms with van der Waals surface area (Å²) in [7, 11) is -3.74. The van der Waals surface area contributed by atoms with Crippen LogP contribution in [0.25, 0.3) is 0 Å². The summed E-state index contributed by atoms with van der Waals surface area (Å²) < 4.78 is 44.8. The van der Waals surface area contributed by atoms with Crippen LogP contribution >= 0.6 is 0 Å². The molecular weight excluding hydrogens is 409 g/mol. The quantitative estimate of drug-likeness (QED) is 0.516. The van der Waals surface area contributed by atoms with Crippen molar-refractivity contribution < 1.29 is 27.1 Å².